The van der Waals surface area contributed by atoms with Crippen molar-refractivity contribution in [2.45, 2.75) is 38.3 Å². The van der Waals surface area contributed by atoms with Gasteiger partial charge in [-0.3, -0.25) is 14.9 Å². The van der Waals surface area contributed by atoms with Gasteiger partial charge in [0.05, 0.1) is 4.92 Å². The van der Waals surface area contributed by atoms with E-state index in [4.69, 9.17) is 0 Å². The molecule has 1 saturated carbocycles. The quantitative estimate of drug-likeness (QED) is 0.660. The van der Waals surface area contributed by atoms with Gasteiger partial charge in [0.1, 0.15) is 0 Å². The first kappa shape index (κ1) is 17.7. The lowest BCUT2D eigenvalue weighted by Gasteiger charge is -2.30. The Labute approximate surface area is 141 Å². The number of carbonyl (C=O) groups is 1. The molecule has 6 nitrogen and oxygen atoms in total. The molecule has 3 rings (SSSR count). The molecule has 2 aliphatic rings. The van der Waals surface area contributed by atoms with Crippen molar-refractivity contribution in [3.8, 4) is 0 Å². The van der Waals surface area contributed by atoms with Crippen LogP contribution in [-0.4, -0.2) is 34.9 Å². The summed E-state index contributed by atoms with van der Waals surface area (Å²) in [5.41, 5.74) is 1.05. The number of carbonyl (C=O) groups excluding carboxylic acids is 1. The lowest BCUT2D eigenvalue weighted by molar-refractivity contribution is -0.384. The molecule has 1 aliphatic heterocycles. The molecule has 0 radical (unpaired) electrons. The van der Waals surface area contributed by atoms with Crippen LogP contribution in [-0.2, 0) is 11.3 Å². The number of benzene rings is 1. The zero-order chi connectivity index (χ0) is 15.5. The zero-order valence-corrected chi connectivity index (χ0v) is 13.8. The van der Waals surface area contributed by atoms with E-state index < -0.39 is 4.92 Å². The minimum Gasteiger partial charge on any atom is -0.335 e. The SMILES string of the molecule is Cl.O=C(C1CCNCC1)N(Cc1ccc([N+](=O)[O-])cc1)C1CC1. The second kappa shape index (κ2) is 7.75. The van der Waals surface area contributed by atoms with Crippen molar-refractivity contribution in [2.24, 2.45) is 5.92 Å². The summed E-state index contributed by atoms with van der Waals surface area (Å²) in [6.07, 6.45) is 3.96. The first-order valence-electron chi connectivity index (χ1n) is 7.89. The van der Waals surface area contributed by atoms with E-state index in [9.17, 15) is 14.9 Å². The average Bonchev–Trinajstić information content (AvgIpc) is 3.38. The lowest BCUT2D eigenvalue weighted by Crippen LogP contribution is -2.41. The molecule has 0 spiro atoms. The molecule has 0 aromatic heterocycles. The number of piperidine rings is 1. The van der Waals surface area contributed by atoms with Gasteiger partial charge < -0.3 is 10.2 Å². The van der Waals surface area contributed by atoms with E-state index in [-0.39, 0.29) is 29.9 Å². The molecule has 126 valence electrons. The number of nitro benzene ring substituents is 1. The number of amides is 1. The van der Waals surface area contributed by atoms with Crippen molar-refractivity contribution < 1.29 is 9.72 Å². The maximum Gasteiger partial charge on any atom is 0.269 e. The zero-order valence-electron chi connectivity index (χ0n) is 12.9. The fourth-order valence-electron chi connectivity index (χ4n) is 3.00. The van der Waals surface area contributed by atoms with Gasteiger partial charge >= 0.3 is 0 Å². The Kier molecular flexibility index (Phi) is 5.96. The Hall–Kier alpha value is -1.66. The van der Waals surface area contributed by atoms with Gasteiger partial charge in [-0.25, -0.2) is 0 Å². The number of nitro groups is 1. The van der Waals surface area contributed by atoms with Gasteiger partial charge in [0.25, 0.3) is 5.69 Å². The van der Waals surface area contributed by atoms with Crippen LogP contribution in [0.2, 0.25) is 0 Å². The highest BCUT2D eigenvalue weighted by molar-refractivity contribution is 5.85. The van der Waals surface area contributed by atoms with E-state index in [1.54, 1.807) is 12.1 Å². The molecule has 1 aromatic rings. The van der Waals surface area contributed by atoms with Crippen LogP contribution in [0.1, 0.15) is 31.2 Å². The summed E-state index contributed by atoms with van der Waals surface area (Å²) >= 11 is 0. The maximum absolute atomic E-state index is 12.7. The van der Waals surface area contributed by atoms with Crippen LogP contribution in [0.25, 0.3) is 0 Å². The van der Waals surface area contributed by atoms with Gasteiger partial charge in [-0.05, 0) is 44.3 Å². The minimum absolute atomic E-state index is 0. The fourth-order valence-corrected chi connectivity index (χ4v) is 3.00. The predicted octanol–water partition coefficient (Wildman–Crippen LogP) is 2.51. The number of rotatable bonds is 5. The van der Waals surface area contributed by atoms with Gasteiger partial charge in [0.15, 0.2) is 0 Å². The smallest absolute Gasteiger partial charge is 0.269 e. The summed E-state index contributed by atoms with van der Waals surface area (Å²) in [6.45, 7) is 2.38. The van der Waals surface area contributed by atoms with Crippen molar-refractivity contribution >= 4 is 24.0 Å². The van der Waals surface area contributed by atoms with Crippen molar-refractivity contribution in [3.63, 3.8) is 0 Å². The molecule has 1 N–H and O–H groups in total. The number of nitrogens with zero attached hydrogens (tertiary/aromatic N) is 2. The van der Waals surface area contributed by atoms with E-state index in [0.717, 1.165) is 44.3 Å². The number of non-ortho nitro benzene ring substituents is 1. The normalized spacial score (nSPS) is 18.1. The largest absolute Gasteiger partial charge is 0.335 e. The summed E-state index contributed by atoms with van der Waals surface area (Å²) in [6, 6.07) is 6.88. The van der Waals surface area contributed by atoms with Crippen LogP contribution in [0, 0.1) is 16.0 Å². The summed E-state index contributed by atoms with van der Waals surface area (Å²) in [4.78, 5) is 25.0. The summed E-state index contributed by atoms with van der Waals surface area (Å²) in [7, 11) is 0. The molecule has 1 aliphatic carbocycles. The minimum atomic E-state index is -0.400. The Balaban J connectivity index is 0.00000192. The highest BCUT2D eigenvalue weighted by atomic mass is 35.5. The predicted molar refractivity (Wildman–Crippen MR) is 89.5 cm³/mol. The summed E-state index contributed by atoms with van der Waals surface area (Å²) < 4.78 is 0. The van der Waals surface area contributed by atoms with Crippen LogP contribution >= 0.6 is 12.4 Å². The van der Waals surface area contributed by atoms with E-state index in [2.05, 4.69) is 5.32 Å². The van der Waals surface area contributed by atoms with Crippen LogP contribution in [0.4, 0.5) is 5.69 Å². The highest BCUT2D eigenvalue weighted by Crippen LogP contribution is 2.31. The van der Waals surface area contributed by atoms with Gasteiger partial charge in [-0.2, -0.15) is 0 Å². The van der Waals surface area contributed by atoms with Crippen LogP contribution in [0.3, 0.4) is 0 Å². The molecule has 0 atom stereocenters. The Morgan fingerprint density at radius 1 is 1.17 bits per heavy atom. The third-order valence-electron chi connectivity index (χ3n) is 4.46. The molecule has 1 saturated heterocycles. The fraction of sp³-hybridized carbons (Fsp3) is 0.562. The third kappa shape index (κ3) is 4.42. The standard InChI is InChI=1S/C16H21N3O3.ClH/c20-16(13-7-9-17-10-8-13)18(14-5-6-14)11-12-1-3-15(4-2-12)19(21)22;/h1-4,13-14,17H,5-11H2;1H. The molecule has 2 fully saturated rings. The summed E-state index contributed by atoms with van der Waals surface area (Å²) in [5, 5.41) is 14.0. The van der Waals surface area contributed by atoms with Crippen molar-refractivity contribution in [3.05, 3.63) is 39.9 Å². The average molecular weight is 340 g/mol. The van der Waals surface area contributed by atoms with E-state index >= 15 is 0 Å². The monoisotopic (exact) mass is 339 g/mol. The highest BCUT2D eigenvalue weighted by Gasteiger charge is 2.36. The van der Waals surface area contributed by atoms with E-state index in [1.165, 1.54) is 12.1 Å². The molecular weight excluding hydrogens is 318 g/mol. The first-order chi connectivity index (χ1) is 10.6. The topological polar surface area (TPSA) is 75.5 Å². The first-order valence-corrected chi connectivity index (χ1v) is 7.89. The van der Waals surface area contributed by atoms with Gasteiger partial charge in [-0.1, -0.05) is 12.1 Å². The number of hydrogen-bond donors (Lipinski definition) is 1. The molecule has 1 heterocycles. The van der Waals surface area contributed by atoms with Crippen molar-refractivity contribution in [1.29, 1.82) is 0 Å². The number of hydrogen-bond acceptors (Lipinski definition) is 4. The Bertz CT molecular complexity index is 554. The molecule has 1 amide bonds. The number of halogens is 1. The van der Waals surface area contributed by atoms with Gasteiger partial charge in [0.2, 0.25) is 5.91 Å². The maximum atomic E-state index is 12.7. The number of nitrogens with one attached hydrogen (secondary N) is 1. The molecule has 0 unspecified atom stereocenters. The van der Waals surface area contributed by atoms with E-state index in [0.29, 0.717) is 12.6 Å². The van der Waals surface area contributed by atoms with Gasteiger partial charge in [-0.15, -0.1) is 12.4 Å². The Morgan fingerprint density at radius 2 is 1.78 bits per heavy atom. The summed E-state index contributed by atoms with van der Waals surface area (Å²) in [5.74, 6) is 0.377. The van der Waals surface area contributed by atoms with Crippen LogP contribution in [0.15, 0.2) is 24.3 Å². The molecule has 7 heteroatoms. The lowest BCUT2D eigenvalue weighted by atomic mass is 9.96. The second-order valence-corrected chi connectivity index (χ2v) is 6.15. The second-order valence-electron chi connectivity index (χ2n) is 6.15. The Morgan fingerprint density at radius 3 is 2.30 bits per heavy atom. The van der Waals surface area contributed by atoms with E-state index in [1.807, 2.05) is 4.90 Å². The molecule has 1 aromatic carbocycles. The molecular formula is C16H22ClN3O3. The molecule has 0 bridgehead atoms. The van der Waals surface area contributed by atoms with Crippen molar-refractivity contribution in [1.82, 2.24) is 10.2 Å². The molecule has 23 heavy (non-hydrogen) atoms. The van der Waals surface area contributed by atoms with Gasteiger partial charge in [0, 0.05) is 30.6 Å². The van der Waals surface area contributed by atoms with Crippen LogP contribution < -0.4 is 5.32 Å². The third-order valence-corrected chi connectivity index (χ3v) is 4.46. The van der Waals surface area contributed by atoms with Crippen LogP contribution in [0.5, 0.6) is 0 Å². The van der Waals surface area contributed by atoms with Crippen molar-refractivity contribution in [2.75, 3.05) is 13.1 Å².